The number of carbonyl (C=O) groups excluding carboxylic acids is 2. The minimum atomic E-state index is -1.18. The van der Waals surface area contributed by atoms with Crippen molar-refractivity contribution in [3.8, 4) is 5.75 Å². The van der Waals surface area contributed by atoms with Gasteiger partial charge in [-0.1, -0.05) is 24.3 Å². The molecule has 0 spiro atoms. The smallest absolute Gasteiger partial charge is 0.344 e. The number of amides is 3. The first-order valence-electron chi connectivity index (χ1n) is 7.28. The molecular weight excluding hydrogens is 328 g/mol. The highest BCUT2D eigenvalue weighted by Gasteiger charge is 2.49. The number of carbonyl (C=O) groups is 2. The maximum absolute atomic E-state index is 12.7. The number of urea groups is 1. The lowest BCUT2D eigenvalue weighted by Gasteiger charge is -2.23. The van der Waals surface area contributed by atoms with Crippen LogP contribution >= 0.6 is 12.2 Å². The van der Waals surface area contributed by atoms with Gasteiger partial charge >= 0.3 is 6.03 Å². The van der Waals surface area contributed by atoms with E-state index in [1.807, 2.05) is 6.92 Å². The minimum absolute atomic E-state index is 0.167. The predicted molar refractivity (Wildman–Crippen MR) is 94.3 cm³/mol. The second-order valence-electron chi connectivity index (χ2n) is 5.68. The molecule has 0 radical (unpaired) electrons. The Kier molecular flexibility index (Phi) is 5.08. The summed E-state index contributed by atoms with van der Waals surface area (Å²) in [5.74, 6) is 0.219. The third-order valence-corrected chi connectivity index (χ3v) is 3.86. The van der Waals surface area contributed by atoms with Crippen molar-refractivity contribution >= 4 is 29.3 Å². The Balaban J connectivity index is 2.14. The van der Waals surface area contributed by atoms with Crippen molar-refractivity contribution in [1.29, 1.82) is 0 Å². The van der Waals surface area contributed by atoms with Gasteiger partial charge in [0.2, 0.25) is 0 Å². The molecule has 0 saturated carbocycles. The second kappa shape index (κ2) is 6.88. The van der Waals surface area contributed by atoms with Crippen LogP contribution in [0.2, 0.25) is 0 Å². The lowest BCUT2D eigenvalue weighted by molar-refractivity contribution is -0.132. The number of hydrazine groups is 1. The number of ether oxygens (including phenoxy) is 1. The monoisotopic (exact) mass is 348 g/mol. The second-order valence-corrected chi connectivity index (χ2v) is 6.08. The summed E-state index contributed by atoms with van der Waals surface area (Å²) in [6.07, 6.45) is 0. The summed E-state index contributed by atoms with van der Waals surface area (Å²) in [5.41, 5.74) is 2.95. The van der Waals surface area contributed by atoms with Gasteiger partial charge in [0, 0.05) is 6.54 Å². The van der Waals surface area contributed by atoms with Crippen LogP contribution in [0.3, 0.4) is 0 Å². The van der Waals surface area contributed by atoms with E-state index in [4.69, 9.17) is 17.0 Å². The zero-order valence-corrected chi connectivity index (χ0v) is 14.6. The highest BCUT2D eigenvalue weighted by Crippen LogP contribution is 2.29. The third kappa shape index (κ3) is 3.48. The highest BCUT2D eigenvalue weighted by atomic mass is 32.1. The number of hydrogen-bond donors (Lipinski definition) is 3. The molecule has 3 amide bonds. The van der Waals surface area contributed by atoms with Crippen LogP contribution in [0.5, 0.6) is 5.75 Å². The fourth-order valence-corrected chi connectivity index (χ4v) is 2.40. The van der Waals surface area contributed by atoms with Crippen LogP contribution in [0.1, 0.15) is 19.4 Å². The van der Waals surface area contributed by atoms with E-state index in [9.17, 15) is 9.59 Å². The molecule has 1 aliphatic heterocycles. The van der Waals surface area contributed by atoms with Gasteiger partial charge in [-0.3, -0.25) is 10.2 Å². The summed E-state index contributed by atoms with van der Waals surface area (Å²) in [6, 6.07) is 6.36. The highest BCUT2D eigenvalue weighted by molar-refractivity contribution is 7.80. The largest absolute Gasteiger partial charge is 0.497 e. The summed E-state index contributed by atoms with van der Waals surface area (Å²) >= 11 is 5.09. The van der Waals surface area contributed by atoms with Gasteiger partial charge in [-0.2, -0.15) is 5.01 Å². The van der Waals surface area contributed by atoms with E-state index < -0.39 is 17.5 Å². The first kappa shape index (κ1) is 17.7. The third-order valence-electron chi connectivity index (χ3n) is 3.62. The molecule has 7 nitrogen and oxygen atoms in total. The maximum Gasteiger partial charge on any atom is 0.344 e. The molecule has 1 heterocycles. The number of nitrogens with one attached hydrogen (secondary N) is 3. The Bertz CT molecular complexity index is 689. The summed E-state index contributed by atoms with van der Waals surface area (Å²) in [4.78, 5) is 24.9. The average molecular weight is 348 g/mol. The van der Waals surface area contributed by atoms with Crippen molar-refractivity contribution in [3.63, 3.8) is 0 Å². The molecule has 8 heteroatoms. The molecule has 0 bridgehead atoms. The number of rotatable bonds is 5. The van der Waals surface area contributed by atoms with E-state index in [1.54, 1.807) is 38.3 Å². The molecule has 1 aromatic carbocycles. The van der Waals surface area contributed by atoms with Crippen LogP contribution in [0.4, 0.5) is 4.79 Å². The van der Waals surface area contributed by atoms with Gasteiger partial charge in [0.25, 0.3) is 5.91 Å². The van der Waals surface area contributed by atoms with Gasteiger partial charge in [0.15, 0.2) is 5.11 Å². The Labute approximate surface area is 146 Å². The van der Waals surface area contributed by atoms with Gasteiger partial charge in [-0.15, -0.1) is 0 Å². The normalized spacial score (nSPS) is 19.7. The standard InChI is InChI=1S/C16H20N4O3S/c1-10(2)9-17-14(24)19-20-13(21)16(3,18-15(20)22)11-5-7-12(23-4)8-6-11/h5-8H,1,9H2,2-4H3,(H,18,22)(H2,17,19,24)/t16-/m1/s1. The van der Waals surface area contributed by atoms with Crippen LogP contribution in [0.25, 0.3) is 0 Å². The molecule has 0 aromatic heterocycles. The SMILES string of the molecule is C=C(C)CNC(=S)NN1C(=O)N[C@](C)(c2ccc(OC)cc2)C1=O. The Morgan fingerprint density at radius 2 is 2.00 bits per heavy atom. The van der Waals surface area contributed by atoms with E-state index in [2.05, 4.69) is 22.6 Å². The average Bonchev–Trinajstić information content (AvgIpc) is 2.77. The van der Waals surface area contributed by atoms with E-state index in [1.165, 1.54) is 0 Å². The van der Waals surface area contributed by atoms with Gasteiger partial charge < -0.3 is 15.4 Å². The quantitative estimate of drug-likeness (QED) is 0.424. The topological polar surface area (TPSA) is 82.7 Å². The van der Waals surface area contributed by atoms with E-state index >= 15 is 0 Å². The van der Waals surface area contributed by atoms with Crippen LogP contribution in [0, 0.1) is 0 Å². The fourth-order valence-electron chi connectivity index (χ4n) is 2.23. The van der Waals surface area contributed by atoms with Crippen molar-refractivity contribution in [1.82, 2.24) is 21.1 Å². The molecule has 128 valence electrons. The number of methoxy groups -OCH3 is 1. The maximum atomic E-state index is 12.7. The minimum Gasteiger partial charge on any atom is -0.497 e. The van der Waals surface area contributed by atoms with Gasteiger partial charge in [-0.05, 0) is 43.8 Å². The molecule has 24 heavy (non-hydrogen) atoms. The first-order chi connectivity index (χ1) is 11.3. The van der Waals surface area contributed by atoms with E-state index in [-0.39, 0.29) is 5.11 Å². The summed E-state index contributed by atoms with van der Waals surface area (Å²) in [5, 5.41) is 6.59. The van der Waals surface area contributed by atoms with Crippen LogP contribution in [0.15, 0.2) is 36.4 Å². The van der Waals surface area contributed by atoms with Crippen molar-refractivity contribution in [3.05, 3.63) is 42.0 Å². The number of nitrogens with zero attached hydrogens (tertiary/aromatic N) is 1. The molecule has 2 rings (SSSR count). The molecule has 1 aliphatic rings. The zero-order chi connectivity index (χ0) is 17.9. The Morgan fingerprint density at radius 3 is 2.54 bits per heavy atom. The number of hydrogen-bond acceptors (Lipinski definition) is 4. The summed E-state index contributed by atoms with van der Waals surface area (Å²) < 4.78 is 5.11. The van der Waals surface area contributed by atoms with E-state index in [0.29, 0.717) is 17.9 Å². The van der Waals surface area contributed by atoms with Gasteiger partial charge in [-0.25, -0.2) is 4.79 Å². The zero-order valence-electron chi connectivity index (χ0n) is 13.8. The van der Waals surface area contributed by atoms with Crippen LogP contribution in [-0.2, 0) is 10.3 Å². The molecule has 1 fully saturated rings. The van der Waals surface area contributed by atoms with Gasteiger partial charge in [0.1, 0.15) is 11.3 Å². The summed E-state index contributed by atoms with van der Waals surface area (Å²) in [7, 11) is 1.56. The predicted octanol–water partition coefficient (Wildman–Crippen LogP) is 1.42. The number of imide groups is 1. The van der Waals surface area contributed by atoms with Gasteiger partial charge in [0.05, 0.1) is 7.11 Å². The number of benzene rings is 1. The molecule has 3 N–H and O–H groups in total. The Morgan fingerprint density at radius 1 is 1.38 bits per heavy atom. The molecule has 1 saturated heterocycles. The number of thiocarbonyl (C=S) groups is 1. The first-order valence-corrected chi connectivity index (χ1v) is 7.69. The van der Waals surface area contributed by atoms with Crippen LogP contribution in [-0.4, -0.2) is 35.7 Å². The van der Waals surface area contributed by atoms with Crippen molar-refractivity contribution in [2.75, 3.05) is 13.7 Å². The summed E-state index contributed by atoms with van der Waals surface area (Å²) in [6.45, 7) is 7.67. The van der Waals surface area contributed by atoms with Crippen molar-refractivity contribution in [2.24, 2.45) is 0 Å². The van der Waals surface area contributed by atoms with Crippen LogP contribution < -0.4 is 20.8 Å². The van der Waals surface area contributed by atoms with Crippen molar-refractivity contribution < 1.29 is 14.3 Å². The molecular formula is C16H20N4O3S. The molecule has 1 atom stereocenters. The van der Waals surface area contributed by atoms with E-state index in [0.717, 1.165) is 10.6 Å². The molecule has 1 aromatic rings. The lowest BCUT2D eigenvalue weighted by atomic mass is 9.92. The Hall–Kier alpha value is -2.61. The van der Waals surface area contributed by atoms with Crippen molar-refractivity contribution in [2.45, 2.75) is 19.4 Å². The lowest BCUT2D eigenvalue weighted by Crippen LogP contribution is -2.51. The molecule has 0 unspecified atom stereocenters. The fraction of sp³-hybridized carbons (Fsp3) is 0.312. The molecule has 0 aliphatic carbocycles.